The first-order chi connectivity index (χ1) is 15.6. The Balaban J connectivity index is 0.000000555. The van der Waals surface area contributed by atoms with Crippen LogP contribution in [0.15, 0.2) is 41.4 Å². The number of nitrogens with zero attached hydrogens (tertiary/aromatic N) is 3. The molecule has 0 saturated carbocycles. The van der Waals surface area contributed by atoms with Gasteiger partial charge in [-0.05, 0) is 36.4 Å². The number of hydrazine groups is 1. The summed E-state index contributed by atoms with van der Waals surface area (Å²) in [5.41, 5.74) is 4.81. The van der Waals surface area contributed by atoms with Crippen molar-refractivity contribution in [2.75, 3.05) is 42.3 Å². The molecule has 0 bridgehead atoms. The van der Waals surface area contributed by atoms with Gasteiger partial charge in [0.05, 0.1) is 47.3 Å². The Bertz CT molecular complexity index is 1110. The molecular formula is C19H22ClN5O6S2. The summed E-state index contributed by atoms with van der Waals surface area (Å²) < 4.78 is 31.8. The summed E-state index contributed by atoms with van der Waals surface area (Å²) in [6.07, 6.45) is 1.55. The van der Waals surface area contributed by atoms with Gasteiger partial charge in [0.15, 0.2) is 0 Å². The smallest absolute Gasteiger partial charge is 0.414 e. The zero-order chi connectivity index (χ0) is 24.0. The fourth-order valence-electron chi connectivity index (χ4n) is 2.98. The van der Waals surface area contributed by atoms with Crippen molar-refractivity contribution in [3.63, 3.8) is 0 Å². The summed E-state index contributed by atoms with van der Waals surface area (Å²) in [6, 6.07) is 11.0. The number of rotatable bonds is 5. The molecule has 178 valence electrons. The average Bonchev–Trinajstić information content (AvgIpc) is 3.37. The minimum Gasteiger partial charge on any atom is -0.442 e. The first-order valence-corrected chi connectivity index (χ1v) is 12.7. The molecule has 11 nitrogen and oxygen atoms in total. The summed E-state index contributed by atoms with van der Waals surface area (Å²) >= 11 is 7.05. The number of thiophene rings is 1. The number of hydrogen-bond donors (Lipinski definition) is 3. The summed E-state index contributed by atoms with van der Waals surface area (Å²) in [7, 11) is -3.67. The second kappa shape index (κ2) is 10.8. The van der Waals surface area contributed by atoms with Crippen molar-refractivity contribution >= 4 is 62.8 Å². The molecule has 1 fully saturated rings. The normalized spacial score (nSPS) is 17.7. The Morgan fingerprint density at radius 1 is 1.30 bits per heavy atom. The molecule has 1 aromatic carbocycles. The molecule has 4 rings (SSSR count). The highest BCUT2D eigenvalue weighted by Crippen LogP contribution is 2.25. The highest BCUT2D eigenvalue weighted by molar-refractivity contribution is 7.85. The summed E-state index contributed by atoms with van der Waals surface area (Å²) in [5, 5.41) is 4.76. The van der Waals surface area contributed by atoms with Crippen LogP contribution in [-0.2, 0) is 14.9 Å². The lowest BCUT2D eigenvalue weighted by atomic mass is 10.2. The number of ether oxygens (including phenoxy) is 1. The molecule has 1 atom stereocenters. The van der Waals surface area contributed by atoms with Crippen LogP contribution < -0.4 is 20.7 Å². The molecule has 2 aromatic rings. The minimum atomic E-state index is -3.67. The van der Waals surface area contributed by atoms with E-state index >= 15 is 0 Å². The lowest BCUT2D eigenvalue weighted by molar-refractivity contribution is 0.0920. The zero-order valence-corrected chi connectivity index (χ0v) is 19.9. The molecule has 33 heavy (non-hydrogen) atoms. The van der Waals surface area contributed by atoms with Gasteiger partial charge in [-0.3, -0.25) is 29.7 Å². The molecule has 2 aliphatic heterocycles. The molecule has 2 amide bonds. The maximum absolute atomic E-state index is 12.2. The van der Waals surface area contributed by atoms with Crippen LogP contribution in [0.1, 0.15) is 9.67 Å². The number of nitrogens with one attached hydrogen (secondary N) is 2. The van der Waals surface area contributed by atoms with Gasteiger partial charge in [-0.1, -0.05) is 11.6 Å². The zero-order valence-electron chi connectivity index (χ0n) is 17.5. The highest BCUT2D eigenvalue weighted by Gasteiger charge is 2.32. The molecule has 1 aromatic heterocycles. The molecule has 0 radical (unpaired) electrons. The number of anilines is 2. The molecule has 0 unspecified atom stereocenters. The van der Waals surface area contributed by atoms with Gasteiger partial charge in [0, 0.05) is 5.69 Å². The van der Waals surface area contributed by atoms with Crippen LogP contribution in [0.2, 0.25) is 4.34 Å². The summed E-state index contributed by atoms with van der Waals surface area (Å²) in [5.74, 6) is -0.228. The van der Waals surface area contributed by atoms with Crippen molar-refractivity contribution in [2.24, 2.45) is 4.99 Å². The Morgan fingerprint density at radius 2 is 1.97 bits per heavy atom. The predicted octanol–water partition coefficient (Wildman–Crippen LogP) is 2.01. The number of halogens is 1. The van der Waals surface area contributed by atoms with E-state index < -0.39 is 22.3 Å². The van der Waals surface area contributed by atoms with Crippen LogP contribution in [0.3, 0.4) is 0 Å². The maximum Gasteiger partial charge on any atom is 0.414 e. The van der Waals surface area contributed by atoms with E-state index in [9.17, 15) is 18.0 Å². The van der Waals surface area contributed by atoms with Crippen LogP contribution in [0.4, 0.5) is 16.2 Å². The van der Waals surface area contributed by atoms with E-state index in [1.165, 1.54) is 11.3 Å². The SMILES string of the molecule is CS(=O)(=O)O.O=C(NC[C@H]1CN(c2ccc(N3CCN=CN3)cc2)C(=O)O1)c1ccc(Cl)s1. The van der Waals surface area contributed by atoms with E-state index in [4.69, 9.17) is 20.9 Å². The second-order valence-corrected chi connectivity index (χ2v) is 10.2. The third-order valence-corrected chi connectivity index (χ3v) is 5.62. The topological polar surface area (TPSA) is 141 Å². The van der Waals surface area contributed by atoms with E-state index in [-0.39, 0.29) is 12.5 Å². The van der Waals surface area contributed by atoms with Crippen molar-refractivity contribution in [3.8, 4) is 0 Å². The largest absolute Gasteiger partial charge is 0.442 e. The van der Waals surface area contributed by atoms with E-state index in [1.54, 1.807) is 23.4 Å². The fraction of sp³-hybridized carbons (Fsp3) is 0.316. The molecule has 1 saturated heterocycles. The minimum absolute atomic E-state index is 0.228. The Morgan fingerprint density at radius 3 is 2.55 bits per heavy atom. The van der Waals surface area contributed by atoms with Gasteiger partial charge in [-0.2, -0.15) is 8.42 Å². The number of aliphatic imine (C=N–C) groups is 1. The molecular weight excluding hydrogens is 494 g/mol. The van der Waals surface area contributed by atoms with Gasteiger partial charge in [-0.15, -0.1) is 11.3 Å². The van der Waals surface area contributed by atoms with Crippen LogP contribution in [0.5, 0.6) is 0 Å². The van der Waals surface area contributed by atoms with E-state index in [1.807, 2.05) is 29.3 Å². The van der Waals surface area contributed by atoms with Crippen molar-refractivity contribution in [3.05, 3.63) is 45.6 Å². The van der Waals surface area contributed by atoms with Gasteiger partial charge in [0.1, 0.15) is 12.4 Å². The van der Waals surface area contributed by atoms with Crippen LogP contribution in [-0.4, -0.2) is 69.8 Å². The van der Waals surface area contributed by atoms with Crippen molar-refractivity contribution < 1.29 is 27.3 Å². The highest BCUT2D eigenvalue weighted by atomic mass is 35.5. The van der Waals surface area contributed by atoms with Gasteiger partial charge >= 0.3 is 6.09 Å². The number of amides is 2. The molecule has 0 aliphatic carbocycles. The average molecular weight is 516 g/mol. The number of carbonyl (C=O) groups excluding carboxylic acids is 2. The predicted molar refractivity (Wildman–Crippen MR) is 127 cm³/mol. The lowest BCUT2D eigenvalue weighted by Gasteiger charge is -2.26. The quantitative estimate of drug-likeness (QED) is 0.513. The van der Waals surface area contributed by atoms with E-state index in [0.717, 1.165) is 24.5 Å². The maximum atomic E-state index is 12.2. The fourth-order valence-corrected chi connectivity index (χ4v) is 3.94. The number of carbonyl (C=O) groups is 2. The first kappa shape index (κ1) is 24.8. The van der Waals surface area contributed by atoms with Crippen LogP contribution in [0, 0.1) is 0 Å². The molecule has 3 heterocycles. The Kier molecular flexibility index (Phi) is 8.13. The molecule has 0 spiro atoms. The third kappa shape index (κ3) is 7.60. The third-order valence-electron chi connectivity index (χ3n) is 4.39. The summed E-state index contributed by atoms with van der Waals surface area (Å²) in [4.78, 5) is 30.5. The monoisotopic (exact) mass is 515 g/mol. The molecule has 2 aliphatic rings. The first-order valence-electron chi connectivity index (χ1n) is 9.66. The number of hydrogen-bond acceptors (Lipinski definition) is 9. The van der Waals surface area contributed by atoms with E-state index in [2.05, 4.69) is 15.7 Å². The number of benzene rings is 1. The Labute approximate surface area is 199 Å². The van der Waals surface area contributed by atoms with Crippen molar-refractivity contribution in [1.82, 2.24) is 10.7 Å². The van der Waals surface area contributed by atoms with E-state index in [0.29, 0.717) is 22.0 Å². The van der Waals surface area contributed by atoms with Crippen LogP contribution in [0.25, 0.3) is 0 Å². The lowest BCUT2D eigenvalue weighted by Crippen LogP contribution is -2.42. The Hall–Kier alpha value is -2.87. The van der Waals surface area contributed by atoms with Crippen molar-refractivity contribution in [2.45, 2.75) is 6.10 Å². The molecule has 14 heteroatoms. The van der Waals surface area contributed by atoms with Gasteiger partial charge in [0.25, 0.3) is 16.0 Å². The molecule has 3 N–H and O–H groups in total. The van der Waals surface area contributed by atoms with Gasteiger partial charge < -0.3 is 10.1 Å². The van der Waals surface area contributed by atoms with Gasteiger partial charge in [0.2, 0.25) is 0 Å². The second-order valence-electron chi connectivity index (χ2n) is 7.00. The summed E-state index contributed by atoms with van der Waals surface area (Å²) in [6.45, 7) is 2.13. The van der Waals surface area contributed by atoms with Crippen molar-refractivity contribution in [1.29, 1.82) is 0 Å². The van der Waals surface area contributed by atoms with Crippen LogP contribution >= 0.6 is 22.9 Å². The number of cyclic esters (lactones) is 1. The van der Waals surface area contributed by atoms with Gasteiger partial charge in [-0.25, -0.2) is 4.79 Å². The standard InChI is InChI=1S/C18H18ClN5O3S.CH4O3S/c19-16-6-5-15(28-16)17(25)21-9-14-10-23(18(26)27-14)12-1-3-13(4-2-12)24-8-7-20-11-22-24;1-5(2,3)4/h1-6,11,14H,7-10H2,(H,20,22)(H,21,25);1H3,(H,2,3,4)/t14-;/m0./s1.